The average molecular weight is 221 g/mol. The minimum Gasteiger partial charge on any atom is -0.369 e. The van der Waals surface area contributed by atoms with Crippen molar-refractivity contribution in [2.45, 2.75) is 6.42 Å². The fraction of sp³-hybridized carbons (Fsp3) is 0.100. The molecule has 0 saturated carbocycles. The lowest BCUT2D eigenvalue weighted by Crippen LogP contribution is -2.20. The first-order valence-corrected chi connectivity index (χ1v) is 4.42. The van der Waals surface area contributed by atoms with Crippen LogP contribution in [-0.2, 0) is 11.2 Å². The molecule has 0 unspecified atom stereocenters. The van der Waals surface area contributed by atoms with E-state index in [1.165, 1.54) is 18.2 Å². The number of amides is 3. The van der Waals surface area contributed by atoms with Gasteiger partial charge in [-0.05, 0) is 23.8 Å². The van der Waals surface area contributed by atoms with Crippen molar-refractivity contribution in [3.05, 3.63) is 34.9 Å². The topological polar surface area (TPSA) is 129 Å². The number of hydrogen-bond acceptors (Lipinski definition) is 3. The number of nitrogens with two attached hydrogens (primary N) is 3. The van der Waals surface area contributed by atoms with Crippen molar-refractivity contribution < 1.29 is 14.4 Å². The maximum atomic E-state index is 11.0. The van der Waals surface area contributed by atoms with E-state index in [0.29, 0.717) is 5.56 Å². The summed E-state index contributed by atoms with van der Waals surface area (Å²) in [6.07, 6.45) is -0.167. The molecule has 1 aromatic rings. The quantitative estimate of drug-likeness (QED) is 0.597. The van der Waals surface area contributed by atoms with E-state index in [2.05, 4.69) is 0 Å². The van der Waals surface area contributed by atoms with Crippen molar-refractivity contribution in [2.24, 2.45) is 17.2 Å². The van der Waals surface area contributed by atoms with Crippen molar-refractivity contribution in [2.75, 3.05) is 0 Å². The van der Waals surface area contributed by atoms with Gasteiger partial charge in [-0.2, -0.15) is 0 Å². The van der Waals surface area contributed by atoms with Crippen LogP contribution in [0, 0.1) is 0 Å². The largest absolute Gasteiger partial charge is 0.369 e. The summed E-state index contributed by atoms with van der Waals surface area (Å²) in [4.78, 5) is 32.7. The van der Waals surface area contributed by atoms with Gasteiger partial charge in [0.15, 0.2) is 0 Å². The fourth-order valence-electron chi connectivity index (χ4n) is 1.32. The average Bonchev–Trinajstić information content (AvgIpc) is 2.15. The standard InChI is InChI=1S/C10H11N3O3/c11-8(14)4-6-3-5(9(12)15)1-2-7(6)10(13)16/h1-3H,4H2,(H2,11,14)(H2,12,15)(H2,13,16). The molecule has 1 rings (SSSR count). The van der Waals surface area contributed by atoms with Crippen LogP contribution in [0.2, 0.25) is 0 Å². The Bertz CT molecular complexity index is 468. The molecule has 0 atom stereocenters. The molecule has 6 nitrogen and oxygen atoms in total. The van der Waals surface area contributed by atoms with E-state index >= 15 is 0 Å². The lowest BCUT2D eigenvalue weighted by molar-refractivity contribution is -0.117. The summed E-state index contributed by atoms with van der Waals surface area (Å²) in [6, 6.07) is 4.06. The third-order valence-corrected chi connectivity index (χ3v) is 2.02. The first-order chi connectivity index (χ1) is 7.41. The molecular weight excluding hydrogens is 210 g/mol. The molecule has 0 saturated heterocycles. The highest BCUT2D eigenvalue weighted by molar-refractivity contribution is 5.99. The van der Waals surface area contributed by atoms with E-state index in [-0.39, 0.29) is 17.5 Å². The van der Waals surface area contributed by atoms with Crippen LogP contribution in [0.4, 0.5) is 0 Å². The zero-order chi connectivity index (χ0) is 12.3. The number of carbonyl (C=O) groups excluding carboxylic acids is 3. The Morgan fingerprint density at radius 2 is 1.62 bits per heavy atom. The molecule has 0 aromatic heterocycles. The predicted molar refractivity (Wildman–Crippen MR) is 56.4 cm³/mol. The summed E-state index contributed by atoms with van der Waals surface area (Å²) in [5.41, 5.74) is 15.8. The lowest BCUT2D eigenvalue weighted by Gasteiger charge is -2.06. The second-order valence-corrected chi connectivity index (χ2v) is 3.24. The number of primary amides is 3. The van der Waals surface area contributed by atoms with Crippen molar-refractivity contribution in [1.29, 1.82) is 0 Å². The maximum Gasteiger partial charge on any atom is 0.248 e. The highest BCUT2D eigenvalue weighted by Crippen LogP contribution is 2.12. The molecule has 0 spiro atoms. The molecule has 0 heterocycles. The monoisotopic (exact) mass is 221 g/mol. The van der Waals surface area contributed by atoms with Crippen LogP contribution in [0.3, 0.4) is 0 Å². The van der Waals surface area contributed by atoms with Gasteiger partial charge in [0, 0.05) is 11.1 Å². The molecule has 16 heavy (non-hydrogen) atoms. The second kappa shape index (κ2) is 4.43. The third kappa shape index (κ3) is 2.57. The minimum atomic E-state index is -0.688. The Morgan fingerprint density at radius 3 is 2.06 bits per heavy atom. The molecular formula is C10H11N3O3. The van der Waals surface area contributed by atoms with Crippen molar-refractivity contribution in [3.8, 4) is 0 Å². The van der Waals surface area contributed by atoms with Gasteiger partial charge in [0.25, 0.3) is 0 Å². The normalized spacial score (nSPS) is 9.75. The Kier molecular flexibility index (Phi) is 3.24. The fourth-order valence-corrected chi connectivity index (χ4v) is 1.32. The molecule has 3 amide bonds. The summed E-state index contributed by atoms with van der Waals surface area (Å²) in [5.74, 6) is -1.96. The van der Waals surface area contributed by atoms with Gasteiger partial charge in [0.1, 0.15) is 0 Å². The molecule has 0 aliphatic rings. The van der Waals surface area contributed by atoms with Gasteiger partial charge < -0.3 is 17.2 Å². The lowest BCUT2D eigenvalue weighted by atomic mass is 10.0. The van der Waals surface area contributed by atoms with E-state index < -0.39 is 17.7 Å². The highest BCUT2D eigenvalue weighted by atomic mass is 16.2. The van der Waals surface area contributed by atoms with Gasteiger partial charge in [0.2, 0.25) is 17.7 Å². The van der Waals surface area contributed by atoms with Crippen LogP contribution in [-0.4, -0.2) is 17.7 Å². The Morgan fingerprint density at radius 1 is 1.00 bits per heavy atom. The van der Waals surface area contributed by atoms with E-state index in [1.807, 2.05) is 0 Å². The van der Waals surface area contributed by atoms with Crippen LogP contribution in [0.25, 0.3) is 0 Å². The maximum absolute atomic E-state index is 11.0. The van der Waals surface area contributed by atoms with Gasteiger partial charge in [-0.1, -0.05) is 0 Å². The van der Waals surface area contributed by atoms with Crippen LogP contribution >= 0.6 is 0 Å². The third-order valence-electron chi connectivity index (χ3n) is 2.02. The van der Waals surface area contributed by atoms with Crippen molar-refractivity contribution >= 4 is 17.7 Å². The van der Waals surface area contributed by atoms with Gasteiger partial charge >= 0.3 is 0 Å². The number of hydrogen-bond donors (Lipinski definition) is 3. The first-order valence-electron chi connectivity index (χ1n) is 4.42. The van der Waals surface area contributed by atoms with E-state index in [0.717, 1.165) is 0 Å². The van der Waals surface area contributed by atoms with Gasteiger partial charge in [-0.3, -0.25) is 14.4 Å². The minimum absolute atomic E-state index is 0.156. The van der Waals surface area contributed by atoms with Crippen LogP contribution in [0.15, 0.2) is 18.2 Å². The zero-order valence-corrected chi connectivity index (χ0v) is 8.40. The summed E-state index contributed by atoms with van der Waals surface area (Å²) in [6.45, 7) is 0. The van der Waals surface area contributed by atoms with Crippen LogP contribution in [0.1, 0.15) is 26.3 Å². The second-order valence-electron chi connectivity index (χ2n) is 3.24. The SMILES string of the molecule is NC(=O)Cc1cc(C(N)=O)ccc1C(N)=O. The number of rotatable bonds is 4. The molecule has 6 N–H and O–H groups in total. The van der Waals surface area contributed by atoms with Crippen LogP contribution in [0.5, 0.6) is 0 Å². The summed E-state index contributed by atoms with van der Waals surface area (Å²) < 4.78 is 0. The molecule has 0 fully saturated rings. The van der Waals surface area contributed by atoms with Gasteiger partial charge in [0.05, 0.1) is 6.42 Å². The molecule has 0 radical (unpaired) electrons. The van der Waals surface area contributed by atoms with Gasteiger partial charge in [-0.25, -0.2) is 0 Å². The Hall–Kier alpha value is -2.37. The molecule has 0 aliphatic heterocycles. The zero-order valence-electron chi connectivity index (χ0n) is 8.40. The summed E-state index contributed by atoms with van der Waals surface area (Å²) >= 11 is 0. The summed E-state index contributed by atoms with van der Waals surface area (Å²) in [5, 5.41) is 0. The Balaban J connectivity index is 3.26. The molecule has 1 aromatic carbocycles. The van der Waals surface area contributed by atoms with Gasteiger partial charge in [-0.15, -0.1) is 0 Å². The number of benzene rings is 1. The Labute approximate surface area is 91.4 Å². The summed E-state index contributed by atoms with van der Waals surface area (Å²) in [7, 11) is 0. The first kappa shape index (κ1) is 11.7. The van der Waals surface area contributed by atoms with Crippen LogP contribution < -0.4 is 17.2 Å². The van der Waals surface area contributed by atoms with E-state index in [4.69, 9.17) is 17.2 Å². The molecule has 0 bridgehead atoms. The van der Waals surface area contributed by atoms with E-state index in [1.54, 1.807) is 0 Å². The van der Waals surface area contributed by atoms with E-state index in [9.17, 15) is 14.4 Å². The molecule has 6 heteroatoms. The number of carbonyl (C=O) groups is 3. The smallest absolute Gasteiger partial charge is 0.248 e. The molecule has 84 valence electrons. The predicted octanol–water partition coefficient (Wildman–Crippen LogP) is -1.09. The molecule has 0 aliphatic carbocycles. The van der Waals surface area contributed by atoms with Crippen molar-refractivity contribution in [3.63, 3.8) is 0 Å². The highest BCUT2D eigenvalue weighted by Gasteiger charge is 2.12. The van der Waals surface area contributed by atoms with Crippen molar-refractivity contribution in [1.82, 2.24) is 0 Å².